The first kappa shape index (κ1) is 16.7. The number of phenolic OH excluding ortho intramolecular Hbond substituents is 1. The molecule has 2 aromatic rings. The molecular formula is C19H21NO3. The van der Waals surface area contributed by atoms with E-state index in [2.05, 4.69) is 4.90 Å². The van der Waals surface area contributed by atoms with Crippen molar-refractivity contribution in [1.82, 2.24) is 0 Å². The van der Waals surface area contributed by atoms with Crippen molar-refractivity contribution in [2.45, 2.75) is 20.8 Å². The van der Waals surface area contributed by atoms with Crippen LogP contribution in [-0.4, -0.2) is 29.8 Å². The second kappa shape index (κ2) is 7.09. The SMILES string of the molecule is CCN(CC)c1ccc(C(=O)c2ccccc2C(C)=O)c(O)c1. The zero-order chi connectivity index (χ0) is 17.0. The third kappa shape index (κ3) is 3.42. The van der Waals surface area contributed by atoms with Gasteiger partial charge in [-0.2, -0.15) is 0 Å². The van der Waals surface area contributed by atoms with Gasteiger partial charge < -0.3 is 10.0 Å². The van der Waals surface area contributed by atoms with Crippen LogP contribution >= 0.6 is 0 Å². The van der Waals surface area contributed by atoms with Gasteiger partial charge in [-0.05, 0) is 32.9 Å². The monoisotopic (exact) mass is 311 g/mol. The van der Waals surface area contributed by atoms with Crippen LogP contribution in [0.2, 0.25) is 0 Å². The minimum absolute atomic E-state index is 0.0715. The van der Waals surface area contributed by atoms with Crippen molar-refractivity contribution in [3.63, 3.8) is 0 Å². The van der Waals surface area contributed by atoms with Gasteiger partial charge in [0, 0.05) is 36.0 Å². The lowest BCUT2D eigenvalue weighted by Gasteiger charge is -2.21. The van der Waals surface area contributed by atoms with Crippen LogP contribution in [0.5, 0.6) is 5.75 Å². The van der Waals surface area contributed by atoms with E-state index in [1.165, 1.54) is 6.92 Å². The van der Waals surface area contributed by atoms with Gasteiger partial charge in [-0.25, -0.2) is 0 Å². The van der Waals surface area contributed by atoms with Crippen molar-refractivity contribution in [2.24, 2.45) is 0 Å². The lowest BCUT2D eigenvalue weighted by molar-refractivity contribution is 0.0989. The molecule has 1 N–H and O–H groups in total. The third-order valence-electron chi connectivity index (χ3n) is 3.91. The smallest absolute Gasteiger partial charge is 0.197 e. The highest BCUT2D eigenvalue weighted by Crippen LogP contribution is 2.27. The number of ketones is 2. The fraction of sp³-hybridized carbons (Fsp3) is 0.263. The Morgan fingerprint density at radius 3 is 2.09 bits per heavy atom. The van der Waals surface area contributed by atoms with Crippen LogP contribution in [-0.2, 0) is 0 Å². The van der Waals surface area contributed by atoms with E-state index in [1.807, 2.05) is 19.9 Å². The van der Waals surface area contributed by atoms with E-state index < -0.39 is 0 Å². The summed E-state index contributed by atoms with van der Waals surface area (Å²) in [6, 6.07) is 11.7. The molecule has 0 aliphatic heterocycles. The number of phenols is 1. The Hall–Kier alpha value is -2.62. The van der Waals surface area contributed by atoms with Crippen molar-refractivity contribution in [3.05, 3.63) is 59.2 Å². The van der Waals surface area contributed by atoms with Gasteiger partial charge in [0.15, 0.2) is 11.6 Å². The van der Waals surface area contributed by atoms with E-state index in [0.717, 1.165) is 18.8 Å². The van der Waals surface area contributed by atoms with Crippen LogP contribution < -0.4 is 4.90 Å². The van der Waals surface area contributed by atoms with Gasteiger partial charge in [-0.1, -0.05) is 24.3 Å². The summed E-state index contributed by atoms with van der Waals surface area (Å²) in [5.41, 5.74) is 1.74. The van der Waals surface area contributed by atoms with Crippen LogP contribution in [0.25, 0.3) is 0 Å². The first-order chi connectivity index (χ1) is 11.0. The van der Waals surface area contributed by atoms with Crippen molar-refractivity contribution in [2.75, 3.05) is 18.0 Å². The van der Waals surface area contributed by atoms with E-state index in [-0.39, 0.29) is 22.9 Å². The molecule has 120 valence electrons. The normalized spacial score (nSPS) is 10.4. The number of Topliss-reactive ketones (excluding diaryl/α,β-unsaturated/α-hetero) is 1. The summed E-state index contributed by atoms with van der Waals surface area (Å²) in [5, 5.41) is 10.3. The third-order valence-corrected chi connectivity index (χ3v) is 3.91. The number of rotatable bonds is 6. The number of benzene rings is 2. The number of aromatic hydroxyl groups is 1. The Morgan fingerprint density at radius 2 is 1.57 bits per heavy atom. The first-order valence-corrected chi connectivity index (χ1v) is 7.72. The van der Waals surface area contributed by atoms with Gasteiger partial charge in [0.25, 0.3) is 0 Å². The zero-order valence-corrected chi connectivity index (χ0v) is 13.7. The molecule has 23 heavy (non-hydrogen) atoms. The van der Waals surface area contributed by atoms with Gasteiger partial charge in [-0.15, -0.1) is 0 Å². The van der Waals surface area contributed by atoms with Gasteiger partial charge in [0.05, 0.1) is 5.56 Å². The minimum atomic E-state index is -0.348. The maximum Gasteiger partial charge on any atom is 0.197 e. The quantitative estimate of drug-likeness (QED) is 0.827. The molecule has 0 saturated heterocycles. The lowest BCUT2D eigenvalue weighted by atomic mass is 9.96. The Bertz CT molecular complexity index is 733. The molecule has 0 heterocycles. The molecule has 0 bridgehead atoms. The van der Waals surface area contributed by atoms with Crippen LogP contribution in [0.1, 0.15) is 47.1 Å². The molecule has 0 saturated carbocycles. The van der Waals surface area contributed by atoms with Gasteiger partial charge in [0.1, 0.15) is 5.75 Å². The summed E-state index contributed by atoms with van der Waals surface area (Å²) >= 11 is 0. The number of carbonyl (C=O) groups is 2. The molecular weight excluding hydrogens is 290 g/mol. The van der Waals surface area contributed by atoms with Crippen molar-refractivity contribution < 1.29 is 14.7 Å². The summed E-state index contributed by atoms with van der Waals surface area (Å²) in [6.45, 7) is 7.12. The molecule has 0 aromatic heterocycles. The summed E-state index contributed by atoms with van der Waals surface area (Å²) in [7, 11) is 0. The molecule has 0 radical (unpaired) electrons. The molecule has 0 fully saturated rings. The van der Waals surface area contributed by atoms with Crippen LogP contribution in [0.3, 0.4) is 0 Å². The van der Waals surface area contributed by atoms with E-state index in [1.54, 1.807) is 36.4 Å². The summed E-state index contributed by atoms with van der Waals surface area (Å²) in [4.78, 5) is 26.5. The molecule has 4 heteroatoms. The maximum absolute atomic E-state index is 12.7. The van der Waals surface area contributed by atoms with Crippen molar-refractivity contribution in [1.29, 1.82) is 0 Å². The molecule has 2 aromatic carbocycles. The molecule has 0 spiro atoms. The van der Waals surface area contributed by atoms with E-state index in [4.69, 9.17) is 0 Å². The molecule has 0 atom stereocenters. The predicted octanol–water partition coefficient (Wildman–Crippen LogP) is 3.67. The fourth-order valence-corrected chi connectivity index (χ4v) is 2.63. The second-order valence-corrected chi connectivity index (χ2v) is 5.30. The summed E-state index contributed by atoms with van der Waals surface area (Å²) < 4.78 is 0. The summed E-state index contributed by atoms with van der Waals surface area (Å²) in [6.07, 6.45) is 0. The highest BCUT2D eigenvalue weighted by Gasteiger charge is 2.19. The zero-order valence-electron chi connectivity index (χ0n) is 13.7. The molecule has 0 aliphatic rings. The Balaban J connectivity index is 2.43. The van der Waals surface area contributed by atoms with E-state index in [0.29, 0.717) is 11.1 Å². The first-order valence-electron chi connectivity index (χ1n) is 7.72. The molecule has 0 unspecified atom stereocenters. The van der Waals surface area contributed by atoms with Crippen LogP contribution in [0, 0.1) is 0 Å². The average Bonchev–Trinajstić information content (AvgIpc) is 2.55. The molecule has 4 nitrogen and oxygen atoms in total. The van der Waals surface area contributed by atoms with Crippen molar-refractivity contribution in [3.8, 4) is 5.75 Å². The number of hydrogen-bond donors (Lipinski definition) is 1. The number of hydrogen-bond acceptors (Lipinski definition) is 4. The number of carbonyl (C=O) groups excluding carboxylic acids is 2. The predicted molar refractivity (Wildman–Crippen MR) is 91.5 cm³/mol. The average molecular weight is 311 g/mol. The van der Waals surface area contributed by atoms with Crippen molar-refractivity contribution >= 4 is 17.3 Å². The van der Waals surface area contributed by atoms with E-state index >= 15 is 0 Å². The lowest BCUT2D eigenvalue weighted by Crippen LogP contribution is -2.21. The van der Waals surface area contributed by atoms with Crippen LogP contribution in [0.4, 0.5) is 5.69 Å². The molecule has 0 aliphatic carbocycles. The summed E-state index contributed by atoms with van der Waals surface area (Å²) in [5.74, 6) is -0.592. The highest BCUT2D eigenvalue weighted by atomic mass is 16.3. The molecule has 2 rings (SSSR count). The molecule has 0 amide bonds. The minimum Gasteiger partial charge on any atom is -0.507 e. The van der Waals surface area contributed by atoms with Gasteiger partial charge in [0.2, 0.25) is 0 Å². The highest BCUT2D eigenvalue weighted by molar-refractivity contribution is 6.16. The van der Waals surface area contributed by atoms with Gasteiger partial charge >= 0.3 is 0 Å². The van der Waals surface area contributed by atoms with Crippen LogP contribution in [0.15, 0.2) is 42.5 Å². The van der Waals surface area contributed by atoms with E-state index in [9.17, 15) is 14.7 Å². The topological polar surface area (TPSA) is 57.6 Å². The maximum atomic E-state index is 12.7. The fourth-order valence-electron chi connectivity index (χ4n) is 2.63. The van der Waals surface area contributed by atoms with Gasteiger partial charge in [-0.3, -0.25) is 9.59 Å². The number of nitrogens with zero attached hydrogens (tertiary/aromatic N) is 1. The standard InChI is InChI=1S/C19H21NO3/c1-4-20(5-2)14-10-11-17(18(22)12-14)19(23)16-9-7-6-8-15(16)13(3)21/h6-12,22H,4-5H2,1-3H3. The number of anilines is 1. The Kier molecular flexibility index (Phi) is 5.16. The second-order valence-electron chi connectivity index (χ2n) is 5.30. The largest absolute Gasteiger partial charge is 0.507 e. The Morgan fingerprint density at radius 1 is 0.957 bits per heavy atom. The Labute approximate surface area is 136 Å².